The van der Waals surface area contributed by atoms with Crippen LogP contribution in [0.15, 0.2) is 36.5 Å². The Bertz CT molecular complexity index is 919. The van der Waals surface area contributed by atoms with E-state index in [1.165, 1.54) is 173 Å². The molecule has 0 aromatic rings. The molecule has 0 aliphatic rings. The molecule has 0 bridgehead atoms. The van der Waals surface area contributed by atoms with E-state index in [1.54, 1.807) is 0 Å². The van der Waals surface area contributed by atoms with Crippen molar-refractivity contribution < 1.29 is 25.2 Å². The highest BCUT2D eigenvalue weighted by molar-refractivity contribution is 5.80. The van der Waals surface area contributed by atoms with Crippen LogP contribution < -0.4 is 5.32 Å². The van der Waals surface area contributed by atoms with Crippen molar-refractivity contribution in [3.63, 3.8) is 0 Å². The first-order valence-electron chi connectivity index (χ1n) is 25.4. The number of nitrogens with one attached hydrogen (secondary N) is 1. The maximum atomic E-state index is 12.5. The second-order valence-electron chi connectivity index (χ2n) is 17.5. The van der Waals surface area contributed by atoms with Gasteiger partial charge in [0.15, 0.2) is 0 Å². The summed E-state index contributed by atoms with van der Waals surface area (Å²) in [5.41, 5.74) is 0. The van der Waals surface area contributed by atoms with Crippen molar-refractivity contribution in [3.05, 3.63) is 36.5 Å². The average molecular weight is 818 g/mol. The van der Waals surface area contributed by atoms with Crippen LogP contribution >= 0.6 is 0 Å². The van der Waals surface area contributed by atoms with Crippen molar-refractivity contribution in [2.24, 2.45) is 0 Å². The SMILES string of the molecule is CCCCC/C=C/CC/C=C/CC/C=C/CCCC(O)C(O)C(CO)NC(=O)C(O)CCCCCCCCCCCCCCCCCCCCCCCCCCCC. The van der Waals surface area contributed by atoms with E-state index in [2.05, 4.69) is 55.6 Å². The number of aliphatic hydroxyl groups is 4. The van der Waals surface area contributed by atoms with Gasteiger partial charge in [-0.05, 0) is 64.2 Å². The molecule has 1 amide bonds. The lowest BCUT2D eigenvalue weighted by Crippen LogP contribution is -2.53. The topological polar surface area (TPSA) is 110 Å². The van der Waals surface area contributed by atoms with Gasteiger partial charge >= 0.3 is 0 Å². The van der Waals surface area contributed by atoms with Gasteiger partial charge in [-0.3, -0.25) is 4.79 Å². The van der Waals surface area contributed by atoms with Gasteiger partial charge in [0.2, 0.25) is 5.91 Å². The summed E-state index contributed by atoms with van der Waals surface area (Å²) >= 11 is 0. The van der Waals surface area contributed by atoms with E-state index in [1.807, 2.05) is 0 Å². The third kappa shape index (κ3) is 40.0. The number of hydrogen-bond acceptors (Lipinski definition) is 5. The summed E-state index contributed by atoms with van der Waals surface area (Å²) in [5, 5.41) is 43.8. The first kappa shape index (κ1) is 56.5. The highest BCUT2D eigenvalue weighted by atomic mass is 16.3. The van der Waals surface area contributed by atoms with Crippen molar-refractivity contribution in [2.45, 2.75) is 282 Å². The number of unbranched alkanes of at least 4 members (excludes halogenated alkanes) is 31. The second kappa shape index (κ2) is 46.6. The van der Waals surface area contributed by atoms with Gasteiger partial charge in [-0.25, -0.2) is 0 Å². The maximum absolute atomic E-state index is 12.5. The van der Waals surface area contributed by atoms with E-state index in [0.717, 1.165) is 51.4 Å². The number of aliphatic hydroxyl groups excluding tert-OH is 4. The predicted octanol–water partition coefficient (Wildman–Crippen LogP) is 14.1. The molecule has 0 aliphatic carbocycles. The molecule has 58 heavy (non-hydrogen) atoms. The van der Waals surface area contributed by atoms with Gasteiger partial charge in [0.05, 0.1) is 18.8 Å². The van der Waals surface area contributed by atoms with E-state index in [-0.39, 0.29) is 0 Å². The number of rotatable bonds is 46. The highest BCUT2D eigenvalue weighted by Crippen LogP contribution is 2.17. The van der Waals surface area contributed by atoms with Gasteiger partial charge in [0.1, 0.15) is 12.2 Å². The van der Waals surface area contributed by atoms with Gasteiger partial charge < -0.3 is 25.7 Å². The van der Waals surface area contributed by atoms with Gasteiger partial charge in [-0.1, -0.05) is 230 Å². The molecule has 6 heteroatoms. The van der Waals surface area contributed by atoms with Crippen LogP contribution in [0, 0.1) is 0 Å². The molecule has 5 N–H and O–H groups in total. The summed E-state index contributed by atoms with van der Waals surface area (Å²) in [5.74, 6) is -0.597. The molecule has 0 rings (SSSR count). The maximum Gasteiger partial charge on any atom is 0.249 e. The number of carbonyl (C=O) groups is 1. The van der Waals surface area contributed by atoms with Crippen LogP contribution in [0.2, 0.25) is 0 Å². The standard InChI is InChI=1S/C52H99NO5/c1-3-5-7-9-11-13-15-17-19-21-22-23-24-25-26-27-28-29-30-32-34-36-38-40-42-44-46-50(56)52(58)53-48(47-54)51(57)49(55)45-43-41-39-37-35-33-31-20-18-16-14-12-10-8-6-4-2/h12,14,20,31,37,39,48-51,54-57H,3-11,13,15-19,21-30,32-36,38,40-47H2,1-2H3,(H,53,58)/b14-12+,31-20+,39-37+. The summed E-state index contributed by atoms with van der Waals surface area (Å²) < 4.78 is 0. The zero-order valence-corrected chi connectivity index (χ0v) is 38.5. The Kier molecular flexibility index (Phi) is 45.4. The summed E-state index contributed by atoms with van der Waals surface area (Å²) in [6, 6.07) is -1.01. The average Bonchev–Trinajstić information content (AvgIpc) is 3.23. The third-order valence-corrected chi connectivity index (χ3v) is 11.8. The van der Waals surface area contributed by atoms with Gasteiger partial charge in [0.25, 0.3) is 0 Å². The molecule has 6 nitrogen and oxygen atoms in total. The van der Waals surface area contributed by atoms with Crippen LogP contribution in [-0.4, -0.2) is 57.3 Å². The first-order valence-corrected chi connectivity index (χ1v) is 25.4. The fraction of sp³-hybridized carbons (Fsp3) is 0.865. The molecule has 342 valence electrons. The van der Waals surface area contributed by atoms with Crippen molar-refractivity contribution in [2.75, 3.05) is 6.61 Å². The van der Waals surface area contributed by atoms with Gasteiger partial charge in [0, 0.05) is 0 Å². The Morgan fingerprint density at radius 1 is 0.414 bits per heavy atom. The number of hydrogen-bond donors (Lipinski definition) is 5. The zero-order valence-electron chi connectivity index (χ0n) is 38.5. The summed E-state index contributed by atoms with van der Waals surface area (Å²) in [4.78, 5) is 12.5. The van der Waals surface area contributed by atoms with Crippen molar-refractivity contribution in [1.29, 1.82) is 0 Å². The molecule has 0 fully saturated rings. The Morgan fingerprint density at radius 2 is 0.724 bits per heavy atom. The van der Waals surface area contributed by atoms with Crippen molar-refractivity contribution >= 4 is 5.91 Å². The van der Waals surface area contributed by atoms with Crippen LogP contribution in [0.5, 0.6) is 0 Å². The molecule has 0 saturated heterocycles. The van der Waals surface area contributed by atoms with Crippen LogP contribution in [0.25, 0.3) is 0 Å². The smallest absolute Gasteiger partial charge is 0.249 e. The summed E-state index contributed by atoms with van der Waals surface area (Å²) in [6.45, 7) is 4.02. The second-order valence-corrected chi connectivity index (χ2v) is 17.5. The molecule has 0 saturated carbocycles. The molecule has 4 atom stereocenters. The number of carbonyl (C=O) groups excluding carboxylic acids is 1. The Morgan fingerprint density at radius 3 is 1.09 bits per heavy atom. The van der Waals surface area contributed by atoms with E-state index in [4.69, 9.17) is 0 Å². The van der Waals surface area contributed by atoms with Crippen LogP contribution in [0.4, 0.5) is 0 Å². The normalized spacial score (nSPS) is 14.2. The molecule has 0 aromatic heterocycles. The van der Waals surface area contributed by atoms with Crippen LogP contribution in [0.3, 0.4) is 0 Å². The molecule has 0 aliphatic heterocycles. The lowest BCUT2D eigenvalue weighted by Gasteiger charge is -2.27. The van der Waals surface area contributed by atoms with E-state index in [0.29, 0.717) is 19.3 Å². The molecule has 0 heterocycles. The first-order chi connectivity index (χ1) is 28.5. The Balaban J connectivity index is 3.67. The van der Waals surface area contributed by atoms with Crippen LogP contribution in [-0.2, 0) is 4.79 Å². The molecule has 0 aromatic carbocycles. The lowest BCUT2D eigenvalue weighted by atomic mass is 10.00. The monoisotopic (exact) mass is 818 g/mol. The molecular formula is C52H99NO5. The molecule has 0 spiro atoms. The van der Waals surface area contributed by atoms with Gasteiger partial charge in [-0.2, -0.15) is 0 Å². The molecule has 4 unspecified atom stereocenters. The fourth-order valence-electron chi connectivity index (χ4n) is 7.79. The van der Waals surface area contributed by atoms with E-state index >= 15 is 0 Å². The van der Waals surface area contributed by atoms with Crippen molar-refractivity contribution in [3.8, 4) is 0 Å². The molecular weight excluding hydrogens is 719 g/mol. The largest absolute Gasteiger partial charge is 0.394 e. The summed E-state index contributed by atoms with van der Waals surface area (Å²) in [7, 11) is 0. The van der Waals surface area contributed by atoms with Gasteiger partial charge in [-0.15, -0.1) is 0 Å². The number of allylic oxidation sites excluding steroid dienone is 6. The van der Waals surface area contributed by atoms with Crippen molar-refractivity contribution in [1.82, 2.24) is 5.32 Å². The minimum atomic E-state index is -1.29. The van der Waals surface area contributed by atoms with E-state index < -0.39 is 36.9 Å². The Labute approximate surface area is 360 Å². The van der Waals surface area contributed by atoms with E-state index in [9.17, 15) is 25.2 Å². The Hall–Kier alpha value is -1.47. The quantitative estimate of drug-likeness (QED) is 0.0310. The predicted molar refractivity (Wildman–Crippen MR) is 251 cm³/mol. The molecule has 0 radical (unpaired) electrons. The third-order valence-electron chi connectivity index (χ3n) is 11.8. The lowest BCUT2D eigenvalue weighted by molar-refractivity contribution is -0.132. The minimum Gasteiger partial charge on any atom is -0.394 e. The summed E-state index contributed by atoms with van der Waals surface area (Å²) in [6.07, 6.45) is 56.3. The highest BCUT2D eigenvalue weighted by Gasteiger charge is 2.28. The van der Waals surface area contributed by atoms with Crippen LogP contribution in [0.1, 0.15) is 258 Å². The fourth-order valence-corrected chi connectivity index (χ4v) is 7.79. The minimum absolute atomic E-state index is 0.362. The zero-order chi connectivity index (χ0) is 42.4. The number of amides is 1.